The fourth-order valence-electron chi connectivity index (χ4n) is 3.50. The van der Waals surface area contributed by atoms with Gasteiger partial charge in [-0.3, -0.25) is 19.5 Å². The summed E-state index contributed by atoms with van der Waals surface area (Å²) in [5, 5.41) is 9.85. The second-order valence-electron chi connectivity index (χ2n) is 7.44. The lowest BCUT2D eigenvalue weighted by molar-refractivity contribution is -0.154. The number of rotatable bonds is 6. The molecule has 0 aliphatic heterocycles. The number of ether oxygens (including phenoxy) is 1. The summed E-state index contributed by atoms with van der Waals surface area (Å²) in [5.74, 6) is -1.22. The van der Waals surface area contributed by atoms with Crippen LogP contribution in [0.5, 0.6) is 0 Å². The molecule has 0 radical (unpaired) electrons. The van der Waals surface area contributed by atoms with E-state index >= 15 is 0 Å². The van der Waals surface area contributed by atoms with Gasteiger partial charge in [0.1, 0.15) is 17.8 Å². The average molecular weight is 392 g/mol. The summed E-state index contributed by atoms with van der Waals surface area (Å²) in [7, 11) is 0. The van der Waals surface area contributed by atoms with E-state index in [1.807, 2.05) is 20.8 Å². The van der Waals surface area contributed by atoms with Gasteiger partial charge in [0.25, 0.3) is 5.56 Å². The van der Waals surface area contributed by atoms with Crippen LogP contribution in [0.2, 0.25) is 0 Å². The molecule has 0 saturated heterocycles. The maximum absolute atomic E-state index is 12.3. The Morgan fingerprint density at radius 2 is 2.14 bits per heavy atom. The molecule has 2 rings (SSSR count). The van der Waals surface area contributed by atoms with Crippen LogP contribution in [-0.2, 0) is 9.53 Å². The Hall–Kier alpha value is -2.77. The van der Waals surface area contributed by atoms with Gasteiger partial charge < -0.3 is 27.0 Å². The number of carbonyl (C=O) groups excluding carboxylic acids is 1. The molecule has 1 aliphatic rings. The Morgan fingerprint density at radius 1 is 1.50 bits per heavy atom. The first-order chi connectivity index (χ1) is 13.1. The van der Waals surface area contributed by atoms with Gasteiger partial charge >= 0.3 is 5.97 Å². The molecule has 0 bridgehead atoms. The summed E-state index contributed by atoms with van der Waals surface area (Å²) < 4.78 is 5.58. The van der Waals surface area contributed by atoms with E-state index in [1.54, 1.807) is 0 Å². The molecular weight excluding hydrogens is 364 g/mol. The van der Waals surface area contributed by atoms with E-state index < -0.39 is 23.7 Å². The van der Waals surface area contributed by atoms with Crippen LogP contribution in [0.3, 0.4) is 0 Å². The van der Waals surface area contributed by atoms with Crippen molar-refractivity contribution < 1.29 is 14.6 Å². The first-order valence-corrected chi connectivity index (χ1v) is 9.10. The maximum Gasteiger partial charge on any atom is 0.323 e. The highest BCUT2D eigenvalue weighted by Crippen LogP contribution is 2.39. The van der Waals surface area contributed by atoms with Crippen LogP contribution in [0.25, 0.3) is 0 Å². The number of terminal acetylenes is 1. The van der Waals surface area contributed by atoms with Crippen LogP contribution in [0, 0.1) is 30.2 Å². The van der Waals surface area contributed by atoms with Crippen molar-refractivity contribution in [2.45, 2.75) is 45.4 Å². The molecule has 5 atom stereocenters. The van der Waals surface area contributed by atoms with Gasteiger partial charge in [0.05, 0.1) is 6.04 Å². The topological polar surface area (TPSA) is 174 Å². The van der Waals surface area contributed by atoms with Crippen LogP contribution in [0.4, 0.5) is 17.5 Å². The second kappa shape index (κ2) is 8.50. The van der Waals surface area contributed by atoms with Gasteiger partial charge in [0, 0.05) is 25.0 Å². The molecule has 1 unspecified atom stereocenters. The molecule has 0 amide bonds. The van der Waals surface area contributed by atoms with Crippen molar-refractivity contribution in [3.8, 4) is 12.5 Å². The standard InChI is InChI=1S/C18H28N6O4/c1-5-24(15-14(20)16(26)23-18(21)22-15)11-6-12(10(7-25)9(11)4)28-17(27)13(19)8(2)3/h1,8-13,25H,6-7,19-20H2,2-4H3,(H3,21,22,23,26)/t9?,10-,11-,12-,13-/m0/s1. The van der Waals surface area contributed by atoms with Crippen molar-refractivity contribution in [2.75, 3.05) is 23.0 Å². The zero-order valence-corrected chi connectivity index (χ0v) is 16.3. The number of carbonyl (C=O) groups is 1. The van der Waals surface area contributed by atoms with Crippen LogP contribution in [0.15, 0.2) is 4.79 Å². The van der Waals surface area contributed by atoms with Crippen LogP contribution < -0.4 is 27.7 Å². The molecular formula is C18H28N6O4. The Bertz CT molecular complexity index is 817. The molecule has 0 spiro atoms. The molecule has 1 fully saturated rings. The molecule has 1 saturated carbocycles. The van der Waals surface area contributed by atoms with E-state index in [2.05, 4.69) is 16.0 Å². The predicted octanol–water partition coefficient (Wildman–Crippen LogP) is -0.757. The van der Waals surface area contributed by atoms with Gasteiger partial charge in [0.15, 0.2) is 5.82 Å². The summed E-state index contributed by atoms with van der Waals surface area (Å²) in [5.41, 5.74) is 16.6. The number of aromatic amines is 1. The largest absolute Gasteiger partial charge is 0.461 e. The van der Waals surface area contributed by atoms with Crippen LogP contribution in [-0.4, -0.2) is 45.8 Å². The molecule has 28 heavy (non-hydrogen) atoms. The number of hydrogen-bond acceptors (Lipinski definition) is 9. The summed E-state index contributed by atoms with van der Waals surface area (Å²) in [6.45, 7) is 5.31. The molecule has 1 aromatic rings. The lowest BCUT2D eigenvalue weighted by Gasteiger charge is -2.28. The third-order valence-electron chi connectivity index (χ3n) is 5.35. The minimum Gasteiger partial charge on any atom is -0.461 e. The monoisotopic (exact) mass is 392 g/mol. The van der Waals surface area contributed by atoms with Gasteiger partial charge in [-0.05, 0) is 11.8 Å². The van der Waals surface area contributed by atoms with Gasteiger partial charge in [-0.1, -0.05) is 27.2 Å². The van der Waals surface area contributed by atoms with Gasteiger partial charge in [-0.15, -0.1) is 0 Å². The third-order valence-corrected chi connectivity index (χ3v) is 5.35. The number of anilines is 3. The third kappa shape index (κ3) is 4.05. The van der Waals surface area contributed by atoms with Crippen molar-refractivity contribution >= 4 is 23.4 Å². The molecule has 10 nitrogen and oxygen atoms in total. The highest BCUT2D eigenvalue weighted by molar-refractivity contribution is 5.76. The molecule has 154 valence electrons. The quantitative estimate of drug-likeness (QED) is 0.237. The molecule has 10 heteroatoms. The number of nitrogen functional groups attached to an aromatic ring is 2. The number of hydrogen-bond donors (Lipinski definition) is 5. The van der Waals surface area contributed by atoms with E-state index in [9.17, 15) is 14.7 Å². The number of H-pyrrole nitrogens is 1. The summed E-state index contributed by atoms with van der Waals surface area (Å²) >= 11 is 0. The number of esters is 1. The Labute approximate surface area is 163 Å². The first-order valence-electron chi connectivity index (χ1n) is 9.10. The number of nitrogens with one attached hydrogen (secondary N) is 1. The first kappa shape index (κ1) is 21.5. The van der Waals surface area contributed by atoms with Crippen molar-refractivity contribution in [1.29, 1.82) is 0 Å². The molecule has 0 aromatic carbocycles. The highest BCUT2D eigenvalue weighted by Gasteiger charge is 2.46. The summed E-state index contributed by atoms with van der Waals surface area (Å²) in [4.78, 5) is 32.0. The van der Waals surface area contributed by atoms with E-state index in [1.165, 1.54) is 4.90 Å². The minimum absolute atomic E-state index is 0.0585. The van der Waals surface area contributed by atoms with Gasteiger partial charge in [-0.2, -0.15) is 4.98 Å². The normalized spacial score (nSPS) is 25.3. The van der Waals surface area contributed by atoms with Crippen molar-refractivity contribution in [3.05, 3.63) is 10.4 Å². The van der Waals surface area contributed by atoms with Crippen molar-refractivity contribution in [2.24, 2.45) is 23.5 Å². The molecule has 8 N–H and O–H groups in total. The number of aliphatic hydroxyl groups is 1. The van der Waals surface area contributed by atoms with Gasteiger partial charge in [-0.25, -0.2) is 0 Å². The summed E-state index contributed by atoms with van der Waals surface area (Å²) in [6, 6.07) is 1.34. The Morgan fingerprint density at radius 3 is 2.68 bits per heavy atom. The fraction of sp³-hybridized carbons (Fsp3) is 0.611. The fourth-order valence-corrected chi connectivity index (χ4v) is 3.50. The van der Waals surface area contributed by atoms with Crippen LogP contribution >= 0.6 is 0 Å². The number of aromatic nitrogens is 2. The zero-order valence-electron chi connectivity index (χ0n) is 16.3. The second-order valence-corrected chi connectivity index (χ2v) is 7.44. The Kier molecular flexibility index (Phi) is 6.53. The molecule has 1 aliphatic carbocycles. The lowest BCUT2D eigenvalue weighted by Crippen LogP contribution is -2.40. The minimum atomic E-state index is -0.762. The van der Waals surface area contributed by atoms with E-state index in [0.717, 1.165) is 0 Å². The van der Waals surface area contributed by atoms with Gasteiger partial charge in [0.2, 0.25) is 5.95 Å². The van der Waals surface area contributed by atoms with E-state index in [4.69, 9.17) is 28.4 Å². The number of aliphatic hydroxyl groups excluding tert-OH is 1. The Balaban J connectivity index is 2.32. The number of nitrogens with zero attached hydrogens (tertiary/aromatic N) is 2. The zero-order chi connectivity index (χ0) is 21.2. The van der Waals surface area contributed by atoms with Crippen molar-refractivity contribution in [3.63, 3.8) is 0 Å². The van der Waals surface area contributed by atoms with Crippen LogP contribution in [0.1, 0.15) is 27.2 Å². The van der Waals surface area contributed by atoms with E-state index in [0.29, 0.717) is 6.42 Å². The maximum atomic E-state index is 12.3. The average Bonchev–Trinajstić information content (AvgIpc) is 2.94. The highest BCUT2D eigenvalue weighted by atomic mass is 16.5. The SMILES string of the molecule is C#CN(c1nc(N)[nH]c(=O)c1N)[C@H]1C[C@H](OC(=O)[C@@H](N)C(C)C)[C@@H](CO)C1C. The lowest BCUT2D eigenvalue weighted by atomic mass is 9.95. The van der Waals surface area contributed by atoms with E-state index in [-0.39, 0.29) is 47.9 Å². The predicted molar refractivity (Wildman–Crippen MR) is 106 cm³/mol. The van der Waals surface area contributed by atoms with Crippen molar-refractivity contribution in [1.82, 2.24) is 9.97 Å². The molecule has 1 aromatic heterocycles. The summed E-state index contributed by atoms with van der Waals surface area (Å²) in [6.07, 6.45) is 5.41. The number of nitrogens with two attached hydrogens (primary N) is 3. The molecule has 1 heterocycles. The smallest absolute Gasteiger partial charge is 0.323 e.